The third-order valence-corrected chi connectivity index (χ3v) is 6.07. The second-order valence-electron chi connectivity index (χ2n) is 4.71. The van der Waals surface area contributed by atoms with Gasteiger partial charge in [-0.2, -0.15) is 0 Å². The fourth-order valence-corrected chi connectivity index (χ4v) is 4.44. The maximum absolute atomic E-state index is 12.1. The third-order valence-electron chi connectivity index (χ3n) is 3.14. The summed E-state index contributed by atoms with van der Waals surface area (Å²) < 4.78 is 33.9. The number of nitrogens with one attached hydrogen (secondary N) is 1. The van der Waals surface area contributed by atoms with E-state index < -0.39 is 25.8 Å². The van der Waals surface area contributed by atoms with Crippen LogP contribution in [0.25, 0.3) is 0 Å². The Kier molecular flexibility index (Phi) is 5.29. The summed E-state index contributed by atoms with van der Waals surface area (Å²) in [4.78, 5) is 11.9. The zero-order valence-corrected chi connectivity index (χ0v) is 14.0. The summed E-state index contributed by atoms with van der Waals surface area (Å²) in [7, 11) is 0.501. The molecule has 0 atom stereocenters. The topological polar surface area (TPSA) is 80.3 Å². The van der Waals surface area contributed by atoms with Gasteiger partial charge in [0.05, 0.1) is 4.90 Å². The summed E-state index contributed by atoms with van der Waals surface area (Å²) in [5, 5.41) is 2.91. The quantitative estimate of drug-likeness (QED) is 0.825. The van der Waals surface area contributed by atoms with Gasteiger partial charge in [-0.05, 0) is 31.0 Å². The predicted molar refractivity (Wildman–Crippen MR) is 82.9 cm³/mol. The molecule has 1 heterocycles. The predicted octanol–water partition coefficient (Wildman–Crippen LogP) is 1.91. The van der Waals surface area contributed by atoms with Gasteiger partial charge in [-0.1, -0.05) is 11.6 Å². The molecule has 0 aliphatic carbocycles. The summed E-state index contributed by atoms with van der Waals surface area (Å²) in [6, 6.07) is 3.68. The van der Waals surface area contributed by atoms with Gasteiger partial charge in [-0.3, -0.25) is 9.00 Å². The number of benzene rings is 1. The lowest BCUT2D eigenvalue weighted by Crippen LogP contribution is -2.39. The normalized spacial score (nSPS) is 22.8. The highest BCUT2D eigenvalue weighted by Gasteiger charge is 2.21. The van der Waals surface area contributed by atoms with Crippen molar-refractivity contribution in [2.24, 2.45) is 0 Å². The van der Waals surface area contributed by atoms with Gasteiger partial charge in [-0.15, -0.1) is 0 Å². The van der Waals surface area contributed by atoms with Crippen molar-refractivity contribution in [3.63, 3.8) is 0 Å². The van der Waals surface area contributed by atoms with Crippen molar-refractivity contribution in [2.45, 2.75) is 23.8 Å². The third kappa shape index (κ3) is 4.67. The van der Waals surface area contributed by atoms with Crippen LogP contribution >= 0.6 is 22.3 Å². The summed E-state index contributed by atoms with van der Waals surface area (Å²) in [6.45, 7) is 0. The second-order valence-corrected chi connectivity index (χ2v) is 9.41. The Morgan fingerprint density at radius 1 is 1.24 bits per heavy atom. The van der Waals surface area contributed by atoms with Crippen LogP contribution in [-0.4, -0.2) is 36.1 Å². The van der Waals surface area contributed by atoms with Crippen LogP contribution in [0, 0.1) is 0 Å². The van der Waals surface area contributed by atoms with Gasteiger partial charge in [0.15, 0.2) is 0 Å². The summed E-state index contributed by atoms with van der Waals surface area (Å²) in [6.07, 6.45) is 1.28. The van der Waals surface area contributed by atoms with Crippen LogP contribution in [0.4, 0.5) is 0 Å². The molecule has 1 aliphatic rings. The van der Waals surface area contributed by atoms with Gasteiger partial charge in [-0.25, -0.2) is 8.42 Å². The average molecular weight is 370 g/mol. The fraction of sp³-hybridized carbons (Fsp3) is 0.417. The molecule has 0 unspecified atom stereocenters. The van der Waals surface area contributed by atoms with E-state index in [-0.39, 0.29) is 21.5 Å². The van der Waals surface area contributed by atoms with Crippen LogP contribution < -0.4 is 5.32 Å². The van der Waals surface area contributed by atoms with E-state index in [4.69, 9.17) is 22.3 Å². The zero-order valence-electron chi connectivity index (χ0n) is 10.8. The van der Waals surface area contributed by atoms with E-state index in [1.807, 2.05) is 0 Å². The monoisotopic (exact) mass is 369 g/mol. The summed E-state index contributed by atoms with van der Waals surface area (Å²) in [5.41, 5.74) is 0.133. The minimum Gasteiger partial charge on any atom is -0.349 e. The van der Waals surface area contributed by atoms with Crippen LogP contribution in [0.3, 0.4) is 0 Å². The number of amides is 1. The van der Waals surface area contributed by atoms with Crippen molar-refractivity contribution in [3.8, 4) is 0 Å². The van der Waals surface area contributed by atoms with Crippen LogP contribution in [0.5, 0.6) is 0 Å². The van der Waals surface area contributed by atoms with Crippen LogP contribution in [0.1, 0.15) is 23.2 Å². The van der Waals surface area contributed by atoms with Gasteiger partial charge < -0.3 is 5.32 Å². The molecular formula is C12H13Cl2NO4S2. The standard InChI is InChI=1S/C12H13Cl2NO4S2/c13-9-5-8(6-11(7-9)21(14,18)19)12(16)15-10-1-3-20(17)4-2-10/h5-7,10H,1-4H2,(H,15,16). The second kappa shape index (κ2) is 6.64. The Morgan fingerprint density at radius 3 is 2.43 bits per heavy atom. The lowest BCUT2D eigenvalue weighted by molar-refractivity contribution is 0.0934. The highest BCUT2D eigenvalue weighted by atomic mass is 35.7. The summed E-state index contributed by atoms with van der Waals surface area (Å²) in [5.74, 6) is 0.695. The van der Waals surface area contributed by atoms with Gasteiger partial charge >= 0.3 is 0 Å². The number of halogens is 2. The van der Waals surface area contributed by atoms with Crippen LogP contribution in [-0.2, 0) is 19.9 Å². The molecule has 21 heavy (non-hydrogen) atoms. The molecule has 1 N–H and O–H groups in total. The largest absolute Gasteiger partial charge is 0.349 e. The number of carbonyl (C=O) groups is 1. The molecule has 0 bridgehead atoms. The van der Waals surface area contributed by atoms with E-state index in [0.717, 1.165) is 0 Å². The number of rotatable bonds is 3. The molecule has 5 nitrogen and oxygen atoms in total. The van der Waals surface area contributed by atoms with Crippen molar-refractivity contribution in [2.75, 3.05) is 11.5 Å². The number of hydrogen-bond acceptors (Lipinski definition) is 4. The Bertz CT molecular complexity index is 680. The van der Waals surface area contributed by atoms with E-state index in [0.29, 0.717) is 24.3 Å². The first-order valence-corrected chi connectivity index (χ1v) is 10.3. The first-order valence-electron chi connectivity index (χ1n) is 6.17. The van der Waals surface area contributed by atoms with E-state index >= 15 is 0 Å². The van der Waals surface area contributed by atoms with E-state index in [9.17, 15) is 17.4 Å². The molecule has 1 amide bonds. The maximum atomic E-state index is 12.1. The molecule has 1 fully saturated rings. The molecule has 1 saturated heterocycles. The number of hydrogen-bond donors (Lipinski definition) is 1. The van der Waals surface area contributed by atoms with Crippen molar-refractivity contribution in [1.82, 2.24) is 5.32 Å². The molecule has 0 saturated carbocycles. The Balaban J connectivity index is 2.16. The van der Waals surface area contributed by atoms with Crippen molar-refractivity contribution < 1.29 is 17.4 Å². The lowest BCUT2D eigenvalue weighted by atomic mass is 10.1. The van der Waals surface area contributed by atoms with Crippen molar-refractivity contribution >= 4 is 48.0 Å². The molecule has 0 spiro atoms. The molecule has 0 aromatic heterocycles. The van der Waals surface area contributed by atoms with E-state index in [1.165, 1.54) is 18.2 Å². The molecule has 1 aliphatic heterocycles. The number of carbonyl (C=O) groups excluding carboxylic acids is 1. The van der Waals surface area contributed by atoms with Crippen LogP contribution in [0.2, 0.25) is 5.02 Å². The van der Waals surface area contributed by atoms with E-state index in [2.05, 4.69) is 5.32 Å². The van der Waals surface area contributed by atoms with Gasteiger partial charge in [0.2, 0.25) is 0 Å². The SMILES string of the molecule is O=C(NC1CCS(=O)CC1)c1cc(Cl)cc(S(=O)(=O)Cl)c1. The first-order chi connectivity index (χ1) is 9.75. The lowest BCUT2D eigenvalue weighted by Gasteiger charge is -2.22. The Hall–Kier alpha value is -0.630. The molecule has 0 radical (unpaired) electrons. The smallest absolute Gasteiger partial charge is 0.261 e. The van der Waals surface area contributed by atoms with Crippen molar-refractivity contribution in [1.29, 1.82) is 0 Å². The van der Waals surface area contributed by atoms with Gasteiger partial charge in [0.1, 0.15) is 0 Å². The maximum Gasteiger partial charge on any atom is 0.261 e. The molecule has 1 aromatic carbocycles. The molecule has 9 heteroatoms. The van der Waals surface area contributed by atoms with E-state index in [1.54, 1.807) is 0 Å². The fourth-order valence-electron chi connectivity index (χ4n) is 2.04. The van der Waals surface area contributed by atoms with Gasteiger partial charge in [0, 0.05) is 49.6 Å². The Labute approximate surface area is 134 Å². The average Bonchev–Trinajstić information content (AvgIpc) is 2.39. The minimum atomic E-state index is -3.95. The zero-order chi connectivity index (χ0) is 15.6. The molecule has 116 valence electrons. The highest BCUT2D eigenvalue weighted by molar-refractivity contribution is 8.13. The minimum absolute atomic E-state index is 0.0646. The first kappa shape index (κ1) is 16.7. The Morgan fingerprint density at radius 2 is 1.86 bits per heavy atom. The molecule has 2 rings (SSSR count). The van der Waals surface area contributed by atoms with Crippen LogP contribution in [0.15, 0.2) is 23.1 Å². The highest BCUT2D eigenvalue weighted by Crippen LogP contribution is 2.22. The molecule has 1 aromatic rings. The molecular weight excluding hydrogens is 357 g/mol. The summed E-state index contributed by atoms with van der Waals surface area (Å²) >= 11 is 5.82. The van der Waals surface area contributed by atoms with Gasteiger partial charge in [0.25, 0.3) is 15.0 Å². The van der Waals surface area contributed by atoms with Crippen molar-refractivity contribution in [3.05, 3.63) is 28.8 Å².